The zero-order chi connectivity index (χ0) is 21.7. The maximum Gasteiger partial charge on any atom is 0.107 e. The Morgan fingerprint density at radius 2 is 0.655 bits per heavy atom. The molecule has 29 heavy (non-hydrogen) atoms. The molecular weight excluding hydrogens is 388 g/mol. The normalized spacial score (nSPS) is 10.4. The largest absolute Gasteiger partial charge is 0.394 e. The average Bonchev–Trinajstić information content (AvgIpc) is 2.74. The summed E-state index contributed by atoms with van der Waals surface area (Å²) < 4.78 is 35.4. The number of aliphatic hydroxyl groups excluding tert-OH is 3. The van der Waals surface area contributed by atoms with Gasteiger partial charge in [-0.05, 0) is 0 Å². The van der Waals surface area contributed by atoms with E-state index in [9.17, 15) is 0 Å². The van der Waals surface area contributed by atoms with Crippen molar-refractivity contribution < 1.29 is 48.5 Å². The molecule has 0 aliphatic rings. The molecule has 0 saturated carbocycles. The number of hydrogen-bond donors (Lipinski definition) is 3. The lowest BCUT2D eigenvalue weighted by Gasteiger charge is -2.06. The van der Waals surface area contributed by atoms with Gasteiger partial charge in [-0.1, -0.05) is 5.92 Å². The van der Waals surface area contributed by atoms with Crippen LogP contribution in [0.25, 0.3) is 0 Å². The summed E-state index contributed by atoms with van der Waals surface area (Å²) in [4.78, 5) is 0. The summed E-state index contributed by atoms with van der Waals surface area (Å²) in [6, 6.07) is 0. The number of rotatable bonds is 22. The molecule has 10 nitrogen and oxygen atoms in total. The molecule has 0 fully saturated rings. The van der Waals surface area contributed by atoms with E-state index in [0.717, 1.165) is 0 Å². The summed E-state index contributed by atoms with van der Waals surface area (Å²) in [5, 5.41) is 25.1. The molecular formula is C19H38O10. The van der Waals surface area contributed by atoms with Crippen LogP contribution >= 0.6 is 0 Å². The maximum atomic E-state index is 8.42. The van der Waals surface area contributed by atoms with Crippen LogP contribution < -0.4 is 0 Å². The van der Waals surface area contributed by atoms with Crippen molar-refractivity contribution >= 4 is 0 Å². The number of hydrogen-bond acceptors (Lipinski definition) is 10. The summed E-state index contributed by atoms with van der Waals surface area (Å²) >= 11 is 0. The third kappa shape index (κ3) is 35.0. The molecule has 174 valence electrons. The highest BCUT2D eigenvalue weighted by Crippen LogP contribution is 1.82. The van der Waals surface area contributed by atoms with Gasteiger partial charge >= 0.3 is 0 Å². The minimum Gasteiger partial charge on any atom is -0.394 e. The molecule has 0 aromatic carbocycles. The second kappa shape index (κ2) is 31.8. The molecule has 0 radical (unpaired) electrons. The van der Waals surface area contributed by atoms with Crippen LogP contribution in [0.5, 0.6) is 0 Å². The van der Waals surface area contributed by atoms with Crippen LogP contribution in [0.1, 0.15) is 0 Å². The van der Waals surface area contributed by atoms with Crippen molar-refractivity contribution in [1.82, 2.24) is 0 Å². The van der Waals surface area contributed by atoms with Crippen molar-refractivity contribution in [3.63, 3.8) is 0 Å². The summed E-state index contributed by atoms with van der Waals surface area (Å²) in [6.07, 6.45) is 5.00. The molecule has 0 heterocycles. The Kier molecular flexibility index (Phi) is 33.3. The first-order valence-corrected chi connectivity index (χ1v) is 9.63. The molecule has 0 saturated heterocycles. The van der Waals surface area contributed by atoms with E-state index in [1.54, 1.807) is 0 Å². The van der Waals surface area contributed by atoms with E-state index in [1.165, 1.54) is 0 Å². The van der Waals surface area contributed by atoms with Gasteiger partial charge in [-0.2, -0.15) is 0 Å². The topological polar surface area (TPSA) is 125 Å². The minimum absolute atomic E-state index is 0.0413. The van der Waals surface area contributed by atoms with E-state index < -0.39 is 0 Å². The van der Waals surface area contributed by atoms with E-state index in [4.69, 9.17) is 54.9 Å². The smallest absolute Gasteiger partial charge is 0.107 e. The molecule has 0 atom stereocenters. The summed E-state index contributed by atoms with van der Waals surface area (Å²) in [7, 11) is 0. The van der Waals surface area contributed by atoms with E-state index in [2.05, 4.69) is 5.92 Å². The third-order valence-electron chi connectivity index (χ3n) is 2.75. The first-order valence-electron chi connectivity index (χ1n) is 9.63. The van der Waals surface area contributed by atoms with E-state index in [1.807, 2.05) is 0 Å². The maximum absolute atomic E-state index is 8.42. The number of ether oxygens (including phenoxy) is 7. The van der Waals surface area contributed by atoms with E-state index in [-0.39, 0.29) is 19.8 Å². The summed E-state index contributed by atoms with van der Waals surface area (Å²) in [5.74, 6) is 2.37. The number of aliphatic hydroxyl groups is 3. The molecule has 10 heteroatoms. The van der Waals surface area contributed by atoms with Gasteiger partial charge in [-0.15, -0.1) is 6.42 Å². The Labute approximate surface area is 173 Å². The Morgan fingerprint density at radius 1 is 0.414 bits per heavy atom. The minimum atomic E-state index is 0.0413. The van der Waals surface area contributed by atoms with Gasteiger partial charge in [0, 0.05) is 0 Å². The molecule has 0 aromatic rings. The molecule has 0 aliphatic carbocycles. The predicted octanol–water partition coefficient (Wildman–Crippen LogP) is -1.30. The fraction of sp³-hybridized carbons (Fsp3) is 0.895. The molecule has 0 unspecified atom stereocenters. The third-order valence-corrected chi connectivity index (χ3v) is 2.75. The SMILES string of the molecule is C#CCOCCOCCOCCOCCO.OCCOCCOCCOCCO. The summed E-state index contributed by atoms with van der Waals surface area (Å²) in [5.41, 5.74) is 0. The zero-order valence-electron chi connectivity index (χ0n) is 17.3. The lowest BCUT2D eigenvalue weighted by molar-refractivity contribution is -0.00291. The van der Waals surface area contributed by atoms with Gasteiger partial charge in [0.1, 0.15) is 6.61 Å². The highest BCUT2D eigenvalue weighted by atomic mass is 16.6. The van der Waals surface area contributed by atoms with Gasteiger partial charge in [-0.25, -0.2) is 0 Å². The van der Waals surface area contributed by atoms with Gasteiger partial charge in [0.15, 0.2) is 0 Å². The van der Waals surface area contributed by atoms with Crippen LogP contribution in [0.3, 0.4) is 0 Å². The van der Waals surface area contributed by atoms with Gasteiger partial charge in [0.05, 0.1) is 106 Å². The quantitative estimate of drug-likeness (QED) is 0.142. The predicted molar refractivity (Wildman–Crippen MR) is 106 cm³/mol. The Hall–Kier alpha value is -0.840. The van der Waals surface area contributed by atoms with Crippen LogP contribution in [0.2, 0.25) is 0 Å². The highest BCUT2D eigenvalue weighted by molar-refractivity contribution is 4.82. The number of terminal acetylenes is 1. The zero-order valence-corrected chi connectivity index (χ0v) is 17.3. The lowest BCUT2D eigenvalue weighted by atomic mass is 10.7. The first kappa shape index (κ1) is 30.4. The standard InChI is InChI=1S/C11H20O5.C8H18O5/c1-2-4-13-6-8-15-10-11-16-9-7-14-5-3-12;9-1-3-11-5-7-13-8-6-12-4-2-10/h1,12H,3-11H2;9-10H,1-8H2. The Bertz CT molecular complexity index is 302. The molecule has 0 spiro atoms. The van der Waals surface area contributed by atoms with Gasteiger partial charge in [0.25, 0.3) is 0 Å². The van der Waals surface area contributed by atoms with Gasteiger partial charge in [0.2, 0.25) is 0 Å². The molecule has 0 aromatic heterocycles. The summed E-state index contributed by atoms with van der Waals surface area (Å²) in [6.45, 7) is 6.56. The molecule has 0 amide bonds. The fourth-order valence-corrected chi connectivity index (χ4v) is 1.53. The Balaban J connectivity index is 0. The lowest BCUT2D eigenvalue weighted by Crippen LogP contribution is -2.12. The van der Waals surface area contributed by atoms with E-state index in [0.29, 0.717) is 92.5 Å². The van der Waals surface area contributed by atoms with Crippen LogP contribution in [0, 0.1) is 12.3 Å². The first-order chi connectivity index (χ1) is 14.3. The van der Waals surface area contributed by atoms with Gasteiger partial charge < -0.3 is 48.5 Å². The monoisotopic (exact) mass is 426 g/mol. The van der Waals surface area contributed by atoms with Crippen LogP contribution in [0.15, 0.2) is 0 Å². The second-order valence-electron chi connectivity index (χ2n) is 5.10. The molecule has 0 rings (SSSR count). The average molecular weight is 427 g/mol. The van der Waals surface area contributed by atoms with Crippen LogP contribution in [-0.2, 0) is 33.2 Å². The van der Waals surface area contributed by atoms with E-state index >= 15 is 0 Å². The van der Waals surface area contributed by atoms with Crippen molar-refractivity contribution in [2.75, 3.05) is 112 Å². The van der Waals surface area contributed by atoms with Crippen molar-refractivity contribution in [3.8, 4) is 12.3 Å². The van der Waals surface area contributed by atoms with Crippen LogP contribution in [-0.4, -0.2) is 128 Å². The van der Waals surface area contributed by atoms with Crippen LogP contribution in [0.4, 0.5) is 0 Å². The fourth-order valence-electron chi connectivity index (χ4n) is 1.53. The molecule has 3 N–H and O–H groups in total. The van der Waals surface area contributed by atoms with Crippen molar-refractivity contribution in [2.45, 2.75) is 0 Å². The van der Waals surface area contributed by atoms with Gasteiger partial charge in [-0.3, -0.25) is 0 Å². The van der Waals surface area contributed by atoms with Crippen molar-refractivity contribution in [3.05, 3.63) is 0 Å². The Morgan fingerprint density at radius 3 is 0.897 bits per heavy atom. The highest BCUT2D eigenvalue weighted by Gasteiger charge is 1.92. The van der Waals surface area contributed by atoms with Crippen molar-refractivity contribution in [1.29, 1.82) is 0 Å². The molecule has 0 bridgehead atoms. The van der Waals surface area contributed by atoms with Crippen molar-refractivity contribution in [2.24, 2.45) is 0 Å². The second-order valence-corrected chi connectivity index (χ2v) is 5.10. The molecule has 0 aliphatic heterocycles.